The van der Waals surface area contributed by atoms with E-state index in [1.165, 1.54) is 35.9 Å². The molecule has 3 heterocycles. The first kappa shape index (κ1) is 24.2. The molecule has 39 heavy (non-hydrogen) atoms. The molecule has 0 aliphatic rings. The minimum absolute atomic E-state index is 0.0997. The number of hydrogen-bond donors (Lipinski definition) is 1. The smallest absolute Gasteiger partial charge is 0.291 e. The molecule has 0 radical (unpaired) electrons. The van der Waals surface area contributed by atoms with Crippen molar-refractivity contribution >= 4 is 34.0 Å². The van der Waals surface area contributed by atoms with E-state index in [2.05, 4.69) is 20.7 Å². The molecule has 0 spiro atoms. The quantitative estimate of drug-likeness (QED) is 0.234. The van der Waals surface area contributed by atoms with Crippen LogP contribution in [0.25, 0.3) is 33.8 Å². The minimum atomic E-state index is -0.578. The number of carbonyl (C=O) groups excluding carboxylic acids is 2. The number of para-hydroxylation sites is 2. The fourth-order valence-corrected chi connectivity index (χ4v) is 4.71. The van der Waals surface area contributed by atoms with Gasteiger partial charge in [-0.05, 0) is 48.5 Å². The van der Waals surface area contributed by atoms with Gasteiger partial charge in [-0.2, -0.15) is 10.2 Å². The maximum atomic E-state index is 13.4. The molecule has 0 bridgehead atoms. The van der Waals surface area contributed by atoms with Crippen LogP contribution in [0, 0.1) is 5.82 Å². The van der Waals surface area contributed by atoms with E-state index in [-0.39, 0.29) is 21.3 Å². The summed E-state index contributed by atoms with van der Waals surface area (Å²) < 4.78 is 22.5. The molecule has 192 valence electrons. The van der Waals surface area contributed by atoms with Crippen molar-refractivity contribution in [2.24, 2.45) is 5.10 Å². The van der Waals surface area contributed by atoms with Gasteiger partial charge in [-0.15, -0.1) is 5.10 Å². The summed E-state index contributed by atoms with van der Waals surface area (Å²) in [7, 11) is 0. The second kappa shape index (κ2) is 9.95. The number of hydrogen-bond acceptors (Lipinski definition) is 7. The molecule has 3 aromatic heterocycles. The number of benzene rings is 3. The number of furan rings is 1. The number of nitrogens with zero attached hydrogens (tertiary/aromatic N) is 5. The molecule has 0 saturated heterocycles. The van der Waals surface area contributed by atoms with Gasteiger partial charge in [0.1, 0.15) is 17.1 Å². The number of amides is 1. The van der Waals surface area contributed by atoms with Gasteiger partial charge in [-0.3, -0.25) is 9.59 Å². The Morgan fingerprint density at radius 2 is 1.62 bits per heavy atom. The summed E-state index contributed by atoms with van der Waals surface area (Å²) in [6.07, 6.45) is 0. The molecule has 0 atom stereocenters. The lowest BCUT2D eigenvalue weighted by Gasteiger charge is -2.04. The van der Waals surface area contributed by atoms with Crippen LogP contribution < -0.4 is 10.2 Å². The Labute approximate surface area is 224 Å². The fourth-order valence-electron chi connectivity index (χ4n) is 3.94. The first-order valence-corrected chi connectivity index (χ1v) is 12.6. The van der Waals surface area contributed by atoms with Crippen LogP contribution in [0.2, 0.25) is 0 Å². The number of carbonyl (C=O) groups is 2. The van der Waals surface area contributed by atoms with Crippen molar-refractivity contribution in [1.82, 2.24) is 25.0 Å². The predicted molar refractivity (Wildman–Crippen MR) is 143 cm³/mol. The topological polar surface area (TPSA) is 107 Å². The summed E-state index contributed by atoms with van der Waals surface area (Å²) >= 11 is 0.995. The van der Waals surface area contributed by atoms with E-state index in [0.717, 1.165) is 22.4 Å². The molecular weight excluding hydrogens is 519 g/mol. The Kier molecular flexibility index (Phi) is 6.17. The Morgan fingerprint density at radius 3 is 2.36 bits per heavy atom. The second-order valence-electron chi connectivity index (χ2n) is 8.50. The maximum absolute atomic E-state index is 13.4. The molecule has 6 aromatic rings. The predicted octanol–water partition coefficient (Wildman–Crippen LogP) is 5.12. The van der Waals surface area contributed by atoms with Crippen molar-refractivity contribution in [3.05, 3.63) is 112 Å². The number of halogens is 1. The molecule has 1 N–H and O–H groups in total. The van der Waals surface area contributed by atoms with Crippen LogP contribution in [0.4, 0.5) is 4.39 Å². The van der Waals surface area contributed by atoms with Gasteiger partial charge >= 0.3 is 0 Å². The molecule has 3 aromatic carbocycles. The third-order valence-corrected chi connectivity index (χ3v) is 6.82. The first-order valence-electron chi connectivity index (χ1n) is 11.8. The highest BCUT2D eigenvalue weighted by Gasteiger charge is 2.20. The van der Waals surface area contributed by atoms with Crippen molar-refractivity contribution in [3.8, 4) is 22.8 Å². The van der Waals surface area contributed by atoms with Gasteiger partial charge in [-0.25, -0.2) is 19.2 Å². The standard InChI is InChI=1S/C28H19FN6O3S/c1-17(36)27-33-35(21-13-11-19(29)12-14-21)28(39-27)31-30-26(37)22-16-23(34(32-22)20-8-3-2-4-9-20)25-15-18-7-5-6-10-24(18)38-25/h2-16H,1H3,(H,30,37). The zero-order valence-electron chi connectivity index (χ0n) is 20.4. The van der Waals surface area contributed by atoms with Crippen molar-refractivity contribution in [2.75, 3.05) is 0 Å². The van der Waals surface area contributed by atoms with Crippen LogP contribution in [0.15, 0.2) is 101 Å². The van der Waals surface area contributed by atoms with Gasteiger partial charge in [-0.1, -0.05) is 47.7 Å². The molecule has 11 heteroatoms. The highest BCUT2D eigenvalue weighted by atomic mass is 32.1. The first-order chi connectivity index (χ1) is 19.0. The Balaban J connectivity index is 1.39. The van der Waals surface area contributed by atoms with Crippen LogP contribution in [-0.2, 0) is 0 Å². The molecule has 0 aliphatic carbocycles. The van der Waals surface area contributed by atoms with E-state index in [4.69, 9.17) is 4.42 Å². The zero-order valence-corrected chi connectivity index (χ0v) is 21.2. The third kappa shape index (κ3) is 4.78. The van der Waals surface area contributed by atoms with Gasteiger partial charge in [0.05, 0.1) is 11.4 Å². The summed E-state index contributed by atoms with van der Waals surface area (Å²) in [5.41, 5.74) is 5.12. The number of rotatable bonds is 6. The summed E-state index contributed by atoms with van der Waals surface area (Å²) in [6.45, 7) is 1.38. The largest absolute Gasteiger partial charge is 0.454 e. The number of ketones is 1. The van der Waals surface area contributed by atoms with Crippen molar-refractivity contribution in [1.29, 1.82) is 0 Å². The van der Waals surface area contributed by atoms with E-state index in [1.54, 1.807) is 10.7 Å². The van der Waals surface area contributed by atoms with Crippen LogP contribution in [-0.4, -0.2) is 31.3 Å². The lowest BCUT2D eigenvalue weighted by molar-refractivity contribution is 0.0946. The average Bonchev–Trinajstić information content (AvgIpc) is 3.69. The molecule has 0 saturated carbocycles. The molecule has 1 amide bonds. The van der Waals surface area contributed by atoms with Crippen molar-refractivity contribution < 1.29 is 18.4 Å². The molecule has 0 unspecified atom stereocenters. The van der Waals surface area contributed by atoms with E-state index >= 15 is 0 Å². The summed E-state index contributed by atoms with van der Waals surface area (Å²) in [4.78, 5) is 25.4. The van der Waals surface area contributed by atoms with Crippen LogP contribution in [0.3, 0.4) is 0 Å². The fraction of sp³-hybridized carbons (Fsp3) is 0.0357. The highest BCUT2D eigenvalue weighted by Crippen LogP contribution is 2.30. The van der Waals surface area contributed by atoms with E-state index in [9.17, 15) is 14.0 Å². The Bertz CT molecular complexity index is 1870. The van der Waals surface area contributed by atoms with E-state index < -0.39 is 11.7 Å². The monoisotopic (exact) mass is 538 g/mol. The lowest BCUT2D eigenvalue weighted by atomic mass is 10.2. The minimum Gasteiger partial charge on any atom is -0.454 e. The van der Waals surface area contributed by atoms with Crippen LogP contribution >= 0.6 is 11.3 Å². The number of nitrogens with one attached hydrogen (secondary N) is 1. The lowest BCUT2D eigenvalue weighted by Crippen LogP contribution is -2.24. The zero-order chi connectivity index (χ0) is 26.9. The molecule has 0 aliphatic heterocycles. The molecule has 6 rings (SSSR count). The van der Waals surface area contributed by atoms with Crippen LogP contribution in [0.1, 0.15) is 27.2 Å². The summed E-state index contributed by atoms with van der Waals surface area (Å²) in [5, 5.41) is 14.1. The van der Waals surface area contributed by atoms with Gasteiger partial charge in [0.2, 0.25) is 4.80 Å². The number of Topliss-reactive ketones (excluding diaryl/α,β-unsaturated/α-hetero) is 1. The van der Waals surface area contributed by atoms with Crippen molar-refractivity contribution in [2.45, 2.75) is 6.92 Å². The highest BCUT2D eigenvalue weighted by molar-refractivity contribution is 7.10. The average molecular weight is 539 g/mol. The molecular formula is C28H19FN6O3S. The second-order valence-corrected chi connectivity index (χ2v) is 9.45. The Morgan fingerprint density at radius 1 is 0.897 bits per heavy atom. The SMILES string of the molecule is CC(=O)c1nn(-c2ccc(F)cc2)c(=NNC(=O)c2cc(-c3cc4ccccc4o3)n(-c3ccccc3)n2)s1. The van der Waals surface area contributed by atoms with Gasteiger partial charge in [0.15, 0.2) is 22.2 Å². The number of fused-ring (bicyclic) bond motifs is 1. The van der Waals surface area contributed by atoms with Gasteiger partial charge in [0.25, 0.3) is 5.91 Å². The van der Waals surface area contributed by atoms with E-state index in [1.807, 2.05) is 60.7 Å². The molecule has 9 nitrogen and oxygen atoms in total. The van der Waals surface area contributed by atoms with Gasteiger partial charge in [0, 0.05) is 18.4 Å². The number of aromatic nitrogens is 4. The van der Waals surface area contributed by atoms with Gasteiger partial charge < -0.3 is 4.42 Å². The molecule has 0 fully saturated rings. The van der Waals surface area contributed by atoms with E-state index in [0.29, 0.717) is 22.7 Å². The summed E-state index contributed by atoms with van der Waals surface area (Å²) in [5.74, 6) is -0.708. The maximum Gasteiger partial charge on any atom is 0.291 e. The van der Waals surface area contributed by atoms with Crippen molar-refractivity contribution in [3.63, 3.8) is 0 Å². The van der Waals surface area contributed by atoms with Crippen LogP contribution in [0.5, 0.6) is 0 Å². The Hall–Kier alpha value is -5.16. The summed E-state index contributed by atoms with van der Waals surface area (Å²) in [6, 6.07) is 26.1. The third-order valence-electron chi connectivity index (χ3n) is 5.81. The normalized spacial score (nSPS) is 11.7.